The SMILES string of the molecule is Cc1cnc(C(=O)N2CC[C@@H](c3ccc(F)cc3)C2)[nH]1. The van der Waals surface area contributed by atoms with Crippen LogP contribution in [0.4, 0.5) is 4.39 Å². The maximum Gasteiger partial charge on any atom is 0.289 e. The first kappa shape index (κ1) is 12.8. The first-order chi connectivity index (χ1) is 9.63. The fourth-order valence-corrected chi connectivity index (χ4v) is 2.62. The highest BCUT2D eigenvalue weighted by molar-refractivity contribution is 5.90. The number of H-pyrrole nitrogens is 1. The number of hydrogen-bond donors (Lipinski definition) is 1. The standard InChI is InChI=1S/C15H16FN3O/c1-10-8-17-14(18-10)15(20)19-7-6-12(9-19)11-2-4-13(16)5-3-11/h2-5,8,12H,6-7,9H2,1H3,(H,17,18)/t12-/m1/s1. The largest absolute Gasteiger partial charge is 0.338 e. The number of nitrogens with one attached hydrogen (secondary N) is 1. The van der Waals surface area contributed by atoms with Gasteiger partial charge in [-0.2, -0.15) is 0 Å². The molecular formula is C15H16FN3O. The van der Waals surface area contributed by atoms with Crippen molar-refractivity contribution in [3.63, 3.8) is 0 Å². The average molecular weight is 273 g/mol. The highest BCUT2D eigenvalue weighted by Crippen LogP contribution is 2.27. The van der Waals surface area contributed by atoms with Crippen LogP contribution in [0.5, 0.6) is 0 Å². The van der Waals surface area contributed by atoms with Crippen molar-refractivity contribution in [2.75, 3.05) is 13.1 Å². The molecule has 0 radical (unpaired) electrons. The highest BCUT2D eigenvalue weighted by Gasteiger charge is 2.29. The second-order valence-corrected chi connectivity index (χ2v) is 5.20. The van der Waals surface area contributed by atoms with Crippen molar-refractivity contribution >= 4 is 5.91 Å². The summed E-state index contributed by atoms with van der Waals surface area (Å²) in [4.78, 5) is 21.1. The molecule has 1 aliphatic rings. The molecule has 1 aromatic heterocycles. The van der Waals surface area contributed by atoms with Crippen LogP contribution in [0.25, 0.3) is 0 Å². The monoisotopic (exact) mass is 273 g/mol. The van der Waals surface area contributed by atoms with Crippen molar-refractivity contribution in [3.8, 4) is 0 Å². The molecule has 1 saturated heterocycles. The number of carbonyl (C=O) groups excluding carboxylic acids is 1. The van der Waals surface area contributed by atoms with Crippen molar-refractivity contribution in [1.29, 1.82) is 0 Å². The summed E-state index contributed by atoms with van der Waals surface area (Å²) >= 11 is 0. The Hall–Kier alpha value is -2.17. The number of imidazole rings is 1. The maximum atomic E-state index is 12.9. The van der Waals surface area contributed by atoms with Gasteiger partial charge in [-0.05, 0) is 31.0 Å². The molecule has 4 nitrogen and oxygen atoms in total. The quantitative estimate of drug-likeness (QED) is 0.914. The third-order valence-electron chi connectivity index (χ3n) is 3.72. The molecule has 2 heterocycles. The van der Waals surface area contributed by atoms with Crippen molar-refractivity contribution in [1.82, 2.24) is 14.9 Å². The summed E-state index contributed by atoms with van der Waals surface area (Å²) in [7, 11) is 0. The second-order valence-electron chi connectivity index (χ2n) is 5.20. The number of aromatic amines is 1. The molecule has 1 N–H and O–H groups in total. The average Bonchev–Trinajstić information content (AvgIpc) is 3.08. The predicted molar refractivity (Wildman–Crippen MR) is 73.0 cm³/mol. The molecule has 1 aliphatic heterocycles. The van der Waals surface area contributed by atoms with E-state index in [1.165, 1.54) is 12.1 Å². The van der Waals surface area contributed by atoms with Gasteiger partial charge in [-0.1, -0.05) is 12.1 Å². The maximum absolute atomic E-state index is 12.9. The lowest BCUT2D eigenvalue weighted by Gasteiger charge is -2.15. The lowest BCUT2D eigenvalue weighted by Crippen LogP contribution is -2.29. The smallest absolute Gasteiger partial charge is 0.289 e. The van der Waals surface area contributed by atoms with Crippen LogP contribution in [0.2, 0.25) is 0 Å². The first-order valence-corrected chi connectivity index (χ1v) is 6.70. The van der Waals surface area contributed by atoms with E-state index in [9.17, 15) is 9.18 Å². The predicted octanol–water partition coefficient (Wildman–Crippen LogP) is 2.49. The summed E-state index contributed by atoms with van der Waals surface area (Å²) in [5.74, 6) is 0.367. The van der Waals surface area contributed by atoms with Crippen LogP contribution >= 0.6 is 0 Å². The summed E-state index contributed by atoms with van der Waals surface area (Å²) in [6, 6.07) is 6.53. The van der Waals surface area contributed by atoms with Crippen molar-refractivity contribution < 1.29 is 9.18 Å². The fraction of sp³-hybridized carbons (Fsp3) is 0.333. The lowest BCUT2D eigenvalue weighted by molar-refractivity contribution is 0.0779. The summed E-state index contributed by atoms with van der Waals surface area (Å²) in [5.41, 5.74) is 1.96. The molecule has 3 rings (SSSR count). The van der Waals surface area contributed by atoms with Crippen LogP contribution in [-0.4, -0.2) is 33.9 Å². The molecule has 1 amide bonds. The van der Waals surface area contributed by atoms with Crippen LogP contribution in [0.3, 0.4) is 0 Å². The van der Waals surface area contributed by atoms with E-state index in [1.807, 2.05) is 6.92 Å². The Balaban J connectivity index is 1.70. The van der Waals surface area contributed by atoms with Gasteiger partial charge in [0.2, 0.25) is 0 Å². The minimum atomic E-state index is -0.231. The first-order valence-electron chi connectivity index (χ1n) is 6.70. The third-order valence-corrected chi connectivity index (χ3v) is 3.72. The van der Waals surface area contributed by atoms with Crippen molar-refractivity contribution in [2.24, 2.45) is 0 Å². The van der Waals surface area contributed by atoms with Crippen molar-refractivity contribution in [3.05, 3.63) is 53.4 Å². The molecule has 0 spiro atoms. The van der Waals surface area contributed by atoms with Gasteiger partial charge in [0.05, 0.1) is 0 Å². The zero-order chi connectivity index (χ0) is 14.1. The van der Waals surface area contributed by atoms with Crippen LogP contribution in [0, 0.1) is 12.7 Å². The van der Waals surface area contributed by atoms with E-state index >= 15 is 0 Å². The number of aryl methyl sites for hydroxylation is 1. The van der Waals surface area contributed by atoms with E-state index in [0.29, 0.717) is 18.9 Å². The number of amides is 1. The van der Waals surface area contributed by atoms with E-state index in [-0.39, 0.29) is 17.6 Å². The molecule has 1 aromatic carbocycles. The van der Waals surface area contributed by atoms with Crippen molar-refractivity contribution in [2.45, 2.75) is 19.3 Å². The second kappa shape index (κ2) is 5.07. The van der Waals surface area contributed by atoms with Crippen LogP contribution < -0.4 is 0 Å². The number of likely N-dealkylation sites (tertiary alicyclic amines) is 1. The summed E-state index contributed by atoms with van der Waals surface area (Å²) in [6.07, 6.45) is 2.55. The van der Waals surface area contributed by atoms with Gasteiger partial charge >= 0.3 is 0 Å². The van der Waals surface area contributed by atoms with Crippen LogP contribution in [0.15, 0.2) is 30.5 Å². The Bertz CT molecular complexity index is 620. The normalized spacial score (nSPS) is 18.5. The molecule has 2 aromatic rings. The molecule has 5 heteroatoms. The minimum absolute atomic E-state index is 0.0669. The number of halogens is 1. The Morgan fingerprint density at radius 3 is 2.80 bits per heavy atom. The van der Waals surface area contributed by atoms with Gasteiger partial charge in [0.15, 0.2) is 5.82 Å². The van der Waals surface area contributed by atoms with Gasteiger partial charge in [-0.25, -0.2) is 9.37 Å². The van der Waals surface area contributed by atoms with Gasteiger partial charge in [-0.15, -0.1) is 0 Å². The Labute approximate surface area is 116 Å². The fourth-order valence-electron chi connectivity index (χ4n) is 2.62. The van der Waals surface area contributed by atoms with E-state index in [0.717, 1.165) is 17.7 Å². The highest BCUT2D eigenvalue weighted by atomic mass is 19.1. The van der Waals surface area contributed by atoms with E-state index in [4.69, 9.17) is 0 Å². The van der Waals surface area contributed by atoms with Gasteiger partial charge in [0.25, 0.3) is 5.91 Å². The van der Waals surface area contributed by atoms with Gasteiger partial charge in [0, 0.05) is 30.9 Å². The molecule has 0 saturated carbocycles. The molecular weight excluding hydrogens is 257 g/mol. The van der Waals surface area contributed by atoms with E-state index < -0.39 is 0 Å². The molecule has 104 valence electrons. The lowest BCUT2D eigenvalue weighted by atomic mass is 9.99. The van der Waals surface area contributed by atoms with Gasteiger partial charge in [-0.3, -0.25) is 4.79 Å². The van der Waals surface area contributed by atoms with Gasteiger partial charge < -0.3 is 9.88 Å². The molecule has 20 heavy (non-hydrogen) atoms. The van der Waals surface area contributed by atoms with E-state index in [1.54, 1.807) is 23.2 Å². The molecule has 1 atom stereocenters. The third kappa shape index (κ3) is 2.43. The Morgan fingerprint density at radius 1 is 1.40 bits per heavy atom. The number of hydrogen-bond acceptors (Lipinski definition) is 2. The van der Waals surface area contributed by atoms with Crippen LogP contribution in [-0.2, 0) is 0 Å². The zero-order valence-electron chi connectivity index (χ0n) is 11.3. The Kier molecular flexibility index (Phi) is 3.26. The molecule has 0 aliphatic carbocycles. The number of nitrogens with zero attached hydrogens (tertiary/aromatic N) is 2. The molecule has 1 fully saturated rings. The molecule has 0 unspecified atom stereocenters. The van der Waals surface area contributed by atoms with E-state index in [2.05, 4.69) is 9.97 Å². The number of aromatic nitrogens is 2. The topological polar surface area (TPSA) is 49.0 Å². The summed E-state index contributed by atoms with van der Waals surface area (Å²) in [5, 5.41) is 0. The zero-order valence-corrected chi connectivity index (χ0v) is 11.3. The number of carbonyl (C=O) groups is 1. The molecule has 0 bridgehead atoms. The number of benzene rings is 1. The Morgan fingerprint density at radius 2 is 2.15 bits per heavy atom. The van der Waals surface area contributed by atoms with Crippen LogP contribution in [0.1, 0.15) is 34.2 Å². The summed E-state index contributed by atoms with van der Waals surface area (Å²) in [6.45, 7) is 3.24. The van der Waals surface area contributed by atoms with Gasteiger partial charge in [0.1, 0.15) is 5.82 Å². The minimum Gasteiger partial charge on any atom is -0.338 e. The number of rotatable bonds is 2. The summed E-state index contributed by atoms with van der Waals surface area (Å²) < 4.78 is 12.9.